The van der Waals surface area contributed by atoms with Gasteiger partial charge in [0.25, 0.3) is 0 Å². The first-order valence-electron chi connectivity index (χ1n) is 7.77. The van der Waals surface area contributed by atoms with E-state index in [-0.39, 0.29) is 0 Å². The largest absolute Gasteiger partial charge is 0.315 e. The number of nitrogens with one attached hydrogen (secondary N) is 1. The monoisotopic (exact) mass is 236 g/mol. The second-order valence-electron chi connectivity index (χ2n) is 6.74. The molecule has 3 fully saturated rings. The van der Waals surface area contributed by atoms with Crippen LogP contribution in [0.15, 0.2) is 0 Å². The van der Waals surface area contributed by atoms with Crippen molar-refractivity contribution in [2.45, 2.75) is 51.5 Å². The highest BCUT2D eigenvalue weighted by atomic mass is 15.2. The lowest BCUT2D eigenvalue weighted by Gasteiger charge is -2.46. The maximum atomic E-state index is 3.61. The maximum Gasteiger partial charge on any atom is 0.0223 e. The van der Waals surface area contributed by atoms with E-state index in [1.165, 1.54) is 64.7 Å². The minimum absolute atomic E-state index is 0.835. The molecule has 0 aromatic carbocycles. The number of rotatable bonds is 1. The predicted molar refractivity (Wildman–Crippen MR) is 72.1 cm³/mol. The van der Waals surface area contributed by atoms with Crippen molar-refractivity contribution in [2.24, 2.45) is 17.8 Å². The van der Waals surface area contributed by atoms with Gasteiger partial charge >= 0.3 is 0 Å². The number of fused-ring (bicyclic) bond motifs is 1. The van der Waals surface area contributed by atoms with Gasteiger partial charge in [0.1, 0.15) is 0 Å². The van der Waals surface area contributed by atoms with Crippen LogP contribution < -0.4 is 5.32 Å². The molecule has 4 unspecified atom stereocenters. The smallest absolute Gasteiger partial charge is 0.0223 e. The normalized spacial score (nSPS) is 44.3. The van der Waals surface area contributed by atoms with Gasteiger partial charge in [0.05, 0.1) is 0 Å². The Balaban J connectivity index is 1.57. The molecule has 3 aliphatic rings. The first kappa shape index (κ1) is 12.0. The van der Waals surface area contributed by atoms with E-state index in [1.807, 2.05) is 0 Å². The van der Waals surface area contributed by atoms with Crippen molar-refractivity contribution in [3.05, 3.63) is 0 Å². The zero-order valence-corrected chi connectivity index (χ0v) is 11.3. The van der Waals surface area contributed by atoms with E-state index in [0.29, 0.717) is 0 Å². The average molecular weight is 236 g/mol. The second kappa shape index (κ2) is 5.27. The molecule has 1 aliphatic carbocycles. The van der Waals surface area contributed by atoms with Gasteiger partial charge in [-0.1, -0.05) is 26.2 Å². The highest BCUT2D eigenvalue weighted by Crippen LogP contribution is 2.37. The fourth-order valence-corrected chi connectivity index (χ4v) is 4.37. The molecule has 0 bridgehead atoms. The van der Waals surface area contributed by atoms with Crippen LogP contribution in [0, 0.1) is 17.8 Å². The zero-order chi connectivity index (χ0) is 11.7. The molecule has 1 N–H and O–H groups in total. The average Bonchev–Trinajstić information content (AvgIpc) is 2.38. The molecule has 0 aromatic rings. The Morgan fingerprint density at radius 1 is 1.00 bits per heavy atom. The fourth-order valence-electron chi connectivity index (χ4n) is 4.37. The topological polar surface area (TPSA) is 15.3 Å². The first-order valence-corrected chi connectivity index (χ1v) is 7.77. The van der Waals surface area contributed by atoms with Crippen molar-refractivity contribution in [3.8, 4) is 0 Å². The summed E-state index contributed by atoms with van der Waals surface area (Å²) in [5.41, 5.74) is 0. The SMILES string of the molecule is CC1CNCC(N2CCC3CCCCC3C2)C1. The van der Waals surface area contributed by atoms with E-state index in [4.69, 9.17) is 0 Å². The van der Waals surface area contributed by atoms with Crippen LogP contribution in [0.5, 0.6) is 0 Å². The molecule has 2 aliphatic heterocycles. The molecule has 0 radical (unpaired) electrons. The first-order chi connectivity index (χ1) is 8.33. The van der Waals surface area contributed by atoms with Crippen LogP contribution in [0.25, 0.3) is 0 Å². The van der Waals surface area contributed by atoms with E-state index >= 15 is 0 Å². The zero-order valence-electron chi connectivity index (χ0n) is 11.3. The summed E-state index contributed by atoms with van der Waals surface area (Å²) >= 11 is 0. The van der Waals surface area contributed by atoms with Crippen molar-refractivity contribution in [2.75, 3.05) is 26.2 Å². The van der Waals surface area contributed by atoms with Crippen molar-refractivity contribution >= 4 is 0 Å². The lowest BCUT2D eigenvalue weighted by Crippen LogP contribution is -2.53. The molecular formula is C15H28N2. The summed E-state index contributed by atoms with van der Waals surface area (Å²) in [6, 6.07) is 0.835. The summed E-state index contributed by atoms with van der Waals surface area (Å²) in [6.45, 7) is 7.65. The van der Waals surface area contributed by atoms with Gasteiger partial charge in [0.2, 0.25) is 0 Å². The van der Waals surface area contributed by atoms with Crippen LogP contribution in [-0.2, 0) is 0 Å². The van der Waals surface area contributed by atoms with Gasteiger partial charge in [-0.2, -0.15) is 0 Å². The molecule has 98 valence electrons. The molecule has 1 saturated carbocycles. The Hall–Kier alpha value is -0.0800. The van der Waals surface area contributed by atoms with Gasteiger partial charge in [0.15, 0.2) is 0 Å². The van der Waals surface area contributed by atoms with Crippen molar-refractivity contribution < 1.29 is 0 Å². The third kappa shape index (κ3) is 2.68. The number of hydrogen-bond donors (Lipinski definition) is 1. The number of hydrogen-bond acceptors (Lipinski definition) is 2. The summed E-state index contributed by atoms with van der Waals surface area (Å²) in [7, 11) is 0. The van der Waals surface area contributed by atoms with Gasteiger partial charge in [-0.25, -0.2) is 0 Å². The Morgan fingerprint density at radius 3 is 2.65 bits per heavy atom. The quantitative estimate of drug-likeness (QED) is 0.752. The summed E-state index contributed by atoms with van der Waals surface area (Å²) in [5.74, 6) is 2.99. The molecule has 0 amide bonds. The lowest BCUT2D eigenvalue weighted by molar-refractivity contribution is 0.0420. The lowest BCUT2D eigenvalue weighted by atomic mass is 9.74. The molecule has 2 nitrogen and oxygen atoms in total. The standard InChI is InChI=1S/C15H28N2/c1-12-8-15(10-16-9-12)17-7-6-13-4-2-3-5-14(13)11-17/h12-16H,2-11H2,1H3. The van der Waals surface area contributed by atoms with E-state index in [9.17, 15) is 0 Å². The summed E-state index contributed by atoms with van der Waals surface area (Å²) < 4.78 is 0. The summed E-state index contributed by atoms with van der Waals surface area (Å²) in [4.78, 5) is 2.81. The van der Waals surface area contributed by atoms with Crippen LogP contribution >= 0.6 is 0 Å². The van der Waals surface area contributed by atoms with Crippen LogP contribution in [0.1, 0.15) is 45.4 Å². The molecule has 4 atom stereocenters. The minimum atomic E-state index is 0.835. The molecule has 0 spiro atoms. The Morgan fingerprint density at radius 2 is 1.82 bits per heavy atom. The second-order valence-corrected chi connectivity index (χ2v) is 6.74. The third-order valence-electron chi connectivity index (χ3n) is 5.39. The number of nitrogens with zero attached hydrogens (tertiary/aromatic N) is 1. The van der Waals surface area contributed by atoms with Gasteiger partial charge < -0.3 is 5.32 Å². The van der Waals surface area contributed by atoms with Crippen molar-refractivity contribution in [1.82, 2.24) is 10.2 Å². The van der Waals surface area contributed by atoms with Crippen LogP contribution in [0.3, 0.4) is 0 Å². The van der Waals surface area contributed by atoms with Gasteiger partial charge in [0, 0.05) is 19.1 Å². The summed E-state index contributed by atoms with van der Waals surface area (Å²) in [5, 5.41) is 3.61. The molecule has 2 heteroatoms. The molecule has 17 heavy (non-hydrogen) atoms. The van der Waals surface area contributed by atoms with Crippen molar-refractivity contribution in [1.29, 1.82) is 0 Å². The highest BCUT2D eigenvalue weighted by molar-refractivity contribution is 4.89. The minimum Gasteiger partial charge on any atom is -0.315 e. The number of piperidine rings is 2. The van der Waals surface area contributed by atoms with Crippen LogP contribution in [0.2, 0.25) is 0 Å². The van der Waals surface area contributed by atoms with E-state index < -0.39 is 0 Å². The Kier molecular flexibility index (Phi) is 3.72. The van der Waals surface area contributed by atoms with E-state index in [2.05, 4.69) is 17.1 Å². The molecule has 3 rings (SSSR count). The van der Waals surface area contributed by atoms with Crippen LogP contribution in [-0.4, -0.2) is 37.1 Å². The Labute approximate surface area is 106 Å². The van der Waals surface area contributed by atoms with Crippen LogP contribution in [0.4, 0.5) is 0 Å². The Bertz CT molecular complexity index is 253. The van der Waals surface area contributed by atoms with Gasteiger partial charge in [-0.15, -0.1) is 0 Å². The molecule has 2 heterocycles. The van der Waals surface area contributed by atoms with Crippen molar-refractivity contribution in [3.63, 3.8) is 0 Å². The molecular weight excluding hydrogens is 208 g/mol. The van der Waals surface area contributed by atoms with Gasteiger partial charge in [-0.3, -0.25) is 4.90 Å². The van der Waals surface area contributed by atoms with Gasteiger partial charge in [-0.05, 0) is 50.1 Å². The fraction of sp³-hybridized carbons (Fsp3) is 1.00. The predicted octanol–water partition coefficient (Wildman–Crippen LogP) is 2.50. The van der Waals surface area contributed by atoms with E-state index in [1.54, 1.807) is 0 Å². The maximum absolute atomic E-state index is 3.61. The highest BCUT2D eigenvalue weighted by Gasteiger charge is 2.34. The molecule has 0 aromatic heterocycles. The summed E-state index contributed by atoms with van der Waals surface area (Å²) in [6.07, 6.45) is 8.94. The number of likely N-dealkylation sites (tertiary alicyclic amines) is 1. The third-order valence-corrected chi connectivity index (χ3v) is 5.39. The molecule has 2 saturated heterocycles. The van der Waals surface area contributed by atoms with E-state index in [0.717, 1.165) is 23.8 Å².